The highest BCUT2D eigenvalue weighted by Crippen LogP contribution is 2.28. The fourth-order valence-corrected chi connectivity index (χ4v) is 2.75. The van der Waals surface area contributed by atoms with Gasteiger partial charge in [0.2, 0.25) is 11.9 Å². The Labute approximate surface area is 167 Å². The number of carbonyl (C=O) groups excluding carboxylic acids is 2. The molecule has 156 valence electrons. The highest BCUT2D eigenvalue weighted by atomic mass is 32.1. The van der Waals surface area contributed by atoms with Crippen LogP contribution in [0.4, 0.5) is 24.3 Å². The van der Waals surface area contributed by atoms with Crippen LogP contribution < -0.4 is 16.4 Å². The maximum atomic E-state index is 12.5. The number of hydrogen-bond acceptors (Lipinski definition) is 8. The summed E-state index contributed by atoms with van der Waals surface area (Å²) in [6.07, 6.45) is -1.59. The predicted molar refractivity (Wildman–Crippen MR) is 101 cm³/mol. The molecule has 0 aliphatic rings. The Kier molecular flexibility index (Phi) is 7.61. The number of alkyl halides is 3. The molecule has 0 atom stereocenters. The van der Waals surface area contributed by atoms with E-state index in [1.54, 1.807) is 0 Å². The molecule has 0 aliphatic carbocycles. The van der Waals surface area contributed by atoms with Crippen LogP contribution in [-0.4, -0.2) is 51.4 Å². The molecule has 2 rings (SSSR count). The van der Waals surface area contributed by atoms with Gasteiger partial charge in [0.1, 0.15) is 5.69 Å². The second-order valence-electron chi connectivity index (χ2n) is 5.56. The zero-order valence-corrected chi connectivity index (χ0v) is 15.9. The summed E-state index contributed by atoms with van der Waals surface area (Å²) in [5.41, 5.74) is 4.82. The van der Waals surface area contributed by atoms with Crippen molar-refractivity contribution >= 4 is 34.2 Å². The highest BCUT2D eigenvalue weighted by Gasteiger charge is 2.31. The molecule has 0 aromatic carbocycles. The van der Waals surface area contributed by atoms with Crippen molar-refractivity contribution in [1.82, 2.24) is 19.9 Å². The number of halogens is 3. The SMILES string of the molecule is C=CC(=O)Nc1nc(C(=O)N(CN)CCCNc2ncc(C(F)(F)F)cn2)cs1. The largest absolute Gasteiger partial charge is 0.419 e. The van der Waals surface area contributed by atoms with Gasteiger partial charge in [-0.1, -0.05) is 6.58 Å². The van der Waals surface area contributed by atoms with Crippen LogP contribution in [0.15, 0.2) is 30.4 Å². The lowest BCUT2D eigenvalue weighted by Crippen LogP contribution is -2.37. The molecule has 29 heavy (non-hydrogen) atoms. The Morgan fingerprint density at radius 2 is 2.00 bits per heavy atom. The minimum Gasteiger partial charge on any atom is -0.354 e. The Bertz CT molecular complexity index is 855. The van der Waals surface area contributed by atoms with Crippen LogP contribution in [0.25, 0.3) is 0 Å². The van der Waals surface area contributed by atoms with Gasteiger partial charge in [0.05, 0.1) is 12.2 Å². The van der Waals surface area contributed by atoms with Gasteiger partial charge >= 0.3 is 6.18 Å². The Balaban J connectivity index is 1.83. The molecule has 13 heteroatoms. The van der Waals surface area contributed by atoms with Crippen molar-refractivity contribution in [1.29, 1.82) is 0 Å². The third-order valence-corrected chi connectivity index (χ3v) is 4.27. The number of anilines is 2. The number of nitrogens with two attached hydrogens (primary N) is 1. The van der Waals surface area contributed by atoms with Gasteiger partial charge < -0.3 is 16.0 Å². The average Bonchev–Trinajstić information content (AvgIpc) is 3.15. The molecule has 9 nitrogen and oxygen atoms in total. The van der Waals surface area contributed by atoms with Crippen LogP contribution in [0.1, 0.15) is 22.5 Å². The van der Waals surface area contributed by atoms with Gasteiger partial charge in [0, 0.05) is 30.9 Å². The first-order valence-corrected chi connectivity index (χ1v) is 9.14. The van der Waals surface area contributed by atoms with Gasteiger partial charge in [0.15, 0.2) is 5.13 Å². The summed E-state index contributed by atoms with van der Waals surface area (Å²) in [5, 5.41) is 6.99. The van der Waals surface area contributed by atoms with E-state index >= 15 is 0 Å². The topological polar surface area (TPSA) is 126 Å². The van der Waals surface area contributed by atoms with Gasteiger partial charge in [-0.3, -0.25) is 14.9 Å². The molecule has 0 unspecified atom stereocenters. The van der Waals surface area contributed by atoms with Crippen molar-refractivity contribution < 1.29 is 22.8 Å². The zero-order valence-electron chi connectivity index (χ0n) is 15.1. The summed E-state index contributed by atoms with van der Waals surface area (Å²) in [5.74, 6) is -0.801. The molecule has 0 aliphatic heterocycles. The van der Waals surface area contributed by atoms with Crippen molar-refractivity contribution in [2.75, 3.05) is 30.4 Å². The number of carbonyl (C=O) groups is 2. The average molecular weight is 429 g/mol. The molecular formula is C16H18F3N7O2S. The van der Waals surface area contributed by atoms with E-state index < -0.39 is 23.6 Å². The number of hydrogen-bond donors (Lipinski definition) is 3. The minimum absolute atomic E-state index is 0.0470. The molecule has 0 saturated carbocycles. The predicted octanol–water partition coefficient (Wildman–Crippen LogP) is 1.94. The van der Waals surface area contributed by atoms with Crippen molar-refractivity contribution in [3.05, 3.63) is 41.7 Å². The van der Waals surface area contributed by atoms with Gasteiger partial charge in [-0.05, 0) is 12.5 Å². The third-order valence-electron chi connectivity index (χ3n) is 3.51. The fraction of sp³-hybridized carbons (Fsp3) is 0.312. The standard InChI is InChI=1S/C16H18F3N7O2S/c1-2-12(27)25-15-24-11(8-29-15)13(28)26(9-20)5-3-4-21-14-22-6-10(7-23-14)16(17,18)19/h2,6-8H,1,3-5,9,20H2,(H,21,22,23)(H,24,25,27). The molecule has 4 N–H and O–H groups in total. The first kappa shape index (κ1) is 22.2. The molecule has 2 heterocycles. The monoisotopic (exact) mass is 429 g/mol. The molecule has 0 fully saturated rings. The molecule has 0 saturated heterocycles. The van der Waals surface area contributed by atoms with Crippen LogP contribution >= 0.6 is 11.3 Å². The third kappa shape index (κ3) is 6.50. The van der Waals surface area contributed by atoms with Gasteiger partial charge in [-0.2, -0.15) is 13.2 Å². The zero-order chi connectivity index (χ0) is 21.4. The Morgan fingerprint density at radius 3 is 2.59 bits per heavy atom. The number of thiazole rings is 1. The summed E-state index contributed by atoms with van der Waals surface area (Å²) in [6, 6.07) is 0. The lowest BCUT2D eigenvalue weighted by molar-refractivity contribution is -0.138. The lowest BCUT2D eigenvalue weighted by atomic mass is 10.3. The normalized spacial score (nSPS) is 11.0. The number of aromatic nitrogens is 3. The van der Waals surface area contributed by atoms with E-state index in [1.165, 1.54) is 10.3 Å². The second kappa shape index (κ2) is 9.93. The molecule has 0 radical (unpaired) electrons. The molecule has 0 spiro atoms. The number of nitrogens with one attached hydrogen (secondary N) is 2. The van der Waals surface area contributed by atoms with Crippen LogP contribution in [0.2, 0.25) is 0 Å². The number of nitrogens with zero attached hydrogens (tertiary/aromatic N) is 4. The van der Waals surface area contributed by atoms with Gasteiger partial charge in [-0.25, -0.2) is 15.0 Å². The highest BCUT2D eigenvalue weighted by molar-refractivity contribution is 7.14. The van der Waals surface area contributed by atoms with E-state index in [9.17, 15) is 22.8 Å². The van der Waals surface area contributed by atoms with Gasteiger partial charge in [-0.15, -0.1) is 11.3 Å². The summed E-state index contributed by atoms with van der Waals surface area (Å²) in [4.78, 5) is 36.3. The first-order valence-electron chi connectivity index (χ1n) is 8.26. The van der Waals surface area contributed by atoms with Crippen LogP contribution in [-0.2, 0) is 11.0 Å². The summed E-state index contributed by atoms with van der Waals surface area (Å²) in [7, 11) is 0. The lowest BCUT2D eigenvalue weighted by Gasteiger charge is -2.19. The van der Waals surface area contributed by atoms with Crippen LogP contribution in [0.3, 0.4) is 0 Å². The maximum absolute atomic E-state index is 12.5. The quantitative estimate of drug-likeness (QED) is 0.316. The van der Waals surface area contributed by atoms with Crippen molar-refractivity contribution in [3.8, 4) is 0 Å². The van der Waals surface area contributed by atoms with E-state index in [2.05, 4.69) is 32.2 Å². The molecular weight excluding hydrogens is 411 g/mol. The fourth-order valence-electron chi connectivity index (χ4n) is 2.06. The minimum atomic E-state index is -4.50. The number of rotatable bonds is 9. The van der Waals surface area contributed by atoms with E-state index in [1.807, 2.05) is 0 Å². The smallest absolute Gasteiger partial charge is 0.354 e. The van der Waals surface area contributed by atoms with E-state index in [4.69, 9.17) is 5.73 Å². The Hall–Kier alpha value is -3.06. The van der Waals surface area contributed by atoms with Crippen LogP contribution in [0.5, 0.6) is 0 Å². The van der Waals surface area contributed by atoms with E-state index in [-0.39, 0.29) is 30.0 Å². The number of amides is 2. The Morgan fingerprint density at radius 1 is 1.31 bits per heavy atom. The summed E-state index contributed by atoms with van der Waals surface area (Å²) in [6.45, 7) is 3.86. The van der Waals surface area contributed by atoms with Crippen molar-refractivity contribution in [2.45, 2.75) is 12.6 Å². The molecule has 0 bridgehead atoms. The maximum Gasteiger partial charge on any atom is 0.419 e. The molecule has 2 aromatic heterocycles. The molecule has 2 amide bonds. The van der Waals surface area contributed by atoms with Crippen LogP contribution in [0, 0.1) is 0 Å². The van der Waals surface area contributed by atoms with Crippen molar-refractivity contribution in [2.24, 2.45) is 5.73 Å². The second-order valence-corrected chi connectivity index (χ2v) is 6.41. The summed E-state index contributed by atoms with van der Waals surface area (Å²) >= 11 is 1.09. The summed E-state index contributed by atoms with van der Waals surface area (Å²) < 4.78 is 37.4. The van der Waals surface area contributed by atoms with Crippen molar-refractivity contribution in [3.63, 3.8) is 0 Å². The first-order chi connectivity index (χ1) is 13.7. The van der Waals surface area contributed by atoms with E-state index in [0.29, 0.717) is 25.4 Å². The van der Waals surface area contributed by atoms with Gasteiger partial charge in [0.25, 0.3) is 5.91 Å². The van der Waals surface area contributed by atoms with E-state index in [0.717, 1.165) is 17.4 Å². The molecule has 2 aromatic rings.